The molecule has 0 spiro atoms. The fourth-order valence-corrected chi connectivity index (χ4v) is 2.45. The van der Waals surface area contributed by atoms with Crippen molar-refractivity contribution in [1.82, 2.24) is 4.98 Å². The molecule has 0 radical (unpaired) electrons. The number of hydrogen-bond donors (Lipinski definition) is 1. The standard InChI is InChI=1S/C14H21N3/c1-2-11-8-5-9-16-13(11)10-17-14(15)12-6-3-4-7-12/h5,8-9,12H,2-4,6-7,10H2,1H3,(H2,15,17). The molecule has 2 rings (SSSR count). The summed E-state index contributed by atoms with van der Waals surface area (Å²) in [5, 5.41) is 0. The fraction of sp³-hybridized carbons (Fsp3) is 0.571. The Morgan fingerprint density at radius 3 is 2.94 bits per heavy atom. The minimum atomic E-state index is 0.517. The molecule has 2 N–H and O–H groups in total. The van der Waals surface area contributed by atoms with Gasteiger partial charge < -0.3 is 5.73 Å². The number of rotatable bonds is 4. The van der Waals surface area contributed by atoms with Crippen LogP contribution in [-0.2, 0) is 13.0 Å². The highest BCUT2D eigenvalue weighted by Gasteiger charge is 2.18. The van der Waals surface area contributed by atoms with Gasteiger partial charge in [-0.2, -0.15) is 0 Å². The smallest absolute Gasteiger partial charge is 0.0973 e. The van der Waals surface area contributed by atoms with Crippen LogP contribution in [0.2, 0.25) is 0 Å². The van der Waals surface area contributed by atoms with E-state index in [0.29, 0.717) is 12.5 Å². The summed E-state index contributed by atoms with van der Waals surface area (Å²) in [6.07, 6.45) is 7.84. The summed E-state index contributed by atoms with van der Waals surface area (Å²) in [6.45, 7) is 2.77. The monoisotopic (exact) mass is 231 g/mol. The maximum Gasteiger partial charge on any atom is 0.0973 e. The zero-order valence-electron chi connectivity index (χ0n) is 10.5. The largest absolute Gasteiger partial charge is 0.387 e. The number of amidine groups is 1. The molecule has 0 unspecified atom stereocenters. The van der Waals surface area contributed by atoms with Gasteiger partial charge in [0, 0.05) is 12.1 Å². The summed E-state index contributed by atoms with van der Waals surface area (Å²) in [7, 11) is 0. The maximum absolute atomic E-state index is 6.04. The molecule has 1 fully saturated rings. The molecule has 1 aliphatic carbocycles. The Hall–Kier alpha value is -1.38. The van der Waals surface area contributed by atoms with Crippen molar-refractivity contribution < 1.29 is 0 Å². The van der Waals surface area contributed by atoms with Crippen LogP contribution in [0.3, 0.4) is 0 Å². The third-order valence-corrected chi connectivity index (χ3v) is 3.55. The lowest BCUT2D eigenvalue weighted by atomic mass is 10.1. The van der Waals surface area contributed by atoms with Gasteiger partial charge >= 0.3 is 0 Å². The van der Waals surface area contributed by atoms with Crippen molar-refractivity contribution >= 4 is 5.84 Å². The van der Waals surface area contributed by atoms with Gasteiger partial charge in [0.1, 0.15) is 0 Å². The summed E-state index contributed by atoms with van der Waals surface area (Å²) in [6, 6.07) is 4.09. The van der Waals surface area contributed by atoms with Crippen molar-refractivity contribution in [3.05, 3.63) is 29.6 Å². The molecule has 3 nitrogen and oxygen atoms in total. The van der Waals surface area contributed by atoms with E-state index in [1.807, 2.05) is 12.3 Å². The number of nitrogens with two attached hydrogens (primary N) is 1. The third kappa shape index (κ3) is 3.05. The quantitative estimate of drug-likeness (QED) is 0.640. The van der Waals surface area contributed by atoms with Gasteiger partial charge in [-0.05, 0) is 30.9 Å². The zero-order chi connectivity index (χ0) is 12.1. The Bertz CT molecular complexity index is 392. The van der Waals surface area contributed by atoms with Crippen molar-refractivity contribution in [2.75, 3.05) is 0 Å². The molecule has 0 aromatic carbocycles. The Morgan fingerprint density at radius 2 is 2.24 bits per heavy atom. The van der Waals surface area contributed by atoms with Gasteiger partial charge in [0.15, 0.2) is 0 Å². The summed E-state index contributed by atoms with van der Waals surface area (Å²) in [4.78, 5) is 8.90. The van der Waals surface area contributed by atoms with Gasteiger partial charge in [-0.15, -0.1) is 0 Å². The Labute approximate surface area is 103 Å². The first kappa shape index (κ1) is 12.1. The molecule has 0 aliphatic heterocycles. The van der Waals surface area contributed by atoms with Crippen LogP contribution >= 0.6 is 0 Å². The second-order valence-corrected chi connectivity index (χ2v) is 4.69. The highest BCUT2D eigenvalue weighted by Crippen LogP contribution is 2.24. The van der Waals surface area contributed by atoms with Crippen molar-refractivity contribution in [3.63, 3.8) is 0 Å². The molecule has 1 aliphatic rings. The SMILES string of the molecule is CCc1cccnc1CN=C(N)C1CCCC1. The minimum Gasteiger partial charge on any atom is -0.387 e. The molecule has 92 valence electrons. The molecule has 1 aromatic heterocycles. The molecule has 0 atom stereocenters. The van der Waals surface area contributed by atoms with E-state index < -0.39 is 0 Å². The number of aliphatic imine (C=N–C) groups is 1. The zero-order valence-corrected chi connectivity index (χ0v) is 10.5. The van der Waals surface area contributed by atoms with Crippen molar-refractivity contribution in [3.8, 4) is 0 Å². The van der Waals surface area contributed by atoms with Gasteiger partial charge in [0.25, 0.3) is 0 Å². The van der Waals surface area contributed by atoms with E-state index in [4.69, 9.17) is 5.73 Å². The normalized spacial score (nSPS) is 17.6. The molecule has 1 aromatic rings. The lowest BCUT2D eigenvalue weighted by molar-refractivity contribution is 0.714. The summed E-state index contributed by atoms with van der Waals surface area (Å²) in [5.74, 6) is 1.35. The van der Waals surface area contributed by atoms with E-state index >= 15 is 0 Å². The van der Waals surface area contributed by atoms with Crippen LogP contribution in [0.1, 0.15) is 43.9 Å². The predicted molar refractivity (Wildman–Crippen MR) is 70.9 cm³/mol. The molecular weight excluding hydrogens is 210 g/mol. The first-order chi connectivity index (χ1) is 8.31. The lowest BCUT2D eigenvalue weighted by Crippen LogP contribution is -2.21. The van der Waals surface area contributed by atoms with Gasteiger partial charge in [0.2, 0.25) is 0 Å². The fourth-order valence-electron chi connectivity index (χ4n) is 2.45. The number of aromatic nitrogens is 1. The number of pyridine rings is 1. The van der Waals surface area contributed by atoms with Crippen molar-refractivity contribution in [1.29, 1.82) is 0 Å². The van der Waals surface area contributed by atoms with Gasteiger partial charge in [0.05, 0.1) is 18.1 Å². The van der Waals surface area contributed by atoms with Crippen LogP contribution in [0.15, 0.2) is 23.3 Å². The van der Waals surface area contributed by atoms with Gasteiger partial charge in [-0.3, -0.25) is 9.98 Å². The molecule has 1 saturated carbocycles. The van der Waals surface area contributed by atoms with E-state index in [-0.39, 0.29) is 0 Å². The van der Waals surface area contributed by atoms with Crippen molar-refractivity contribution in [2.45, 2.75) is 45.6 Å². The minimum absolute atomic E-state index is 0.517. The first-order valence-corrected chi connectivity index (χ1v) is 6.54. The van der Waals surface area contributed by atoms with Crippen molar-refractivity contribution in [2.24, 2.45) is 16.6 Å². The van der Waals surface area contributed by atoms with E-state index in [2.05, 4.69) is 23.0 Å². The average Bonchev–Trinajstić information content (AvgIpc) is 2.90. The first-order valence-electron chi connectivity index (χ1n) is 6.54. The van der Waals surface area contributed by atoms with Crippen LogP contribution in [0.4, 0.5) is 0 Å². The van der Waals surface area contributed by atoms with E-state index in [1.54, 1.807) is 0 Å². The second kappa shape index (κ2) is 5.80. The summed E-state index contributed by atoms with van der Waals surface area (Å²) >= 11 is 0. The average molecular weight is 231 g/mol. The Morgan fingerprint density at radius 1 is 1.47 bits per heavy atom. The number of hydrogen-bond acceptors (Lipinski definition) is 2. The summed E-state index contributed by atoms with van der Waals surface area (Å²) < 4.78 is 0. The molecule has 0 saturated heterocycles. The Balaban J connectivity index is 2.02. The van der Waals surface area contributed by atoms with Crippen LogP contribution in [0.25, 0.3) is 0 Å². The highest BCUT2D eigenvalue weighted by molar-refractivity contribution is 5.83. The van der Waals surface area contributed by atoms with Crippen LogP contribution < -0.4 is 5.73 Å². The van der Waals surface area contributed by atoms with Crippen LogP contribution in [-0.4, -0.2) is 10.8 Å². The molecular formula is C14H21N3. The molecule has 0 amide bonds. The Kier molecular flexibility index (Phi) is 4.13. The molecule has 1 heterocycles. The predicted octanol–water partition coefficient (Wildman–Crippen LogP) is 2.69. The van der Waals surface area contributed by atoms with Gasteiger partial charge in [-0.1, -0.05) is 25.8 Å². The van der Waals surface area contributed by atoms with Gasteiger partial charge in [-0.25, -0.2) is 0 Å². The molecule has 3 heteroatoms. The van der Waals surface area contributed by atoms with Crippen LogP contribution in [0.5, 0.6) is 0 Å². The van der Waals surface area contributed by atoms with E-state index in [1.165, 1.54) is 31.2 Å². The lowest BCUT2D eigenvalue weighted by Gasteiger charge is -2.09. The van der Waals surface area contributed by atoms with E-state index in [0.717, 1.165) is 18.0 Å². The van der Waals surface area contributed by atoms with Crippen LogP contribution in [0, 0.1) is 5.92 Å². The highest BCUT2D eigenvalue weighted by atomic mass is 14.9. The molecule has 17 heavy (non-hydrogen) atoms. The third-order valence-electron chi connectivity index (χ3n) is 3.55. The van der Waals surface area contributed by atoms with E-state index in [9.17, 15) is 0 Å². The number of aryl methyl sites for hydroxylation is 1. The second-order valence-electron chi connectivity index (χ2n) is 4.69. The number of nitrogens with zero attached hydrogens (tertiary/aromatic N) is 2. The summed E-state index contributed by atoms with van der Waals surface area (Å²) in [5.41, 5.74) is 8.38. The topological polar surface area (TPSA) is 51.3 Å². The maximum atomic E-state index is 6.04. The molecule has 0 bridgehead atoms.